The Labute approximate surface area is 359 Å². The van der Waals surface area contributed by atoms with Crippen LogP contribution < -0.4 is 10.2 Å². The summed E-state index contributed by atoms with van der Waals surface area (Å²) >= 11 is 0. The van der Waals surface area contributed by atoms with Gasteiger partial charge in [0.1, 0.15) is 13.2 Å². The number of carbonyl (C=O) groups is 1. The average Bonchev–Trinajstić information content (AvgIpc) is 3.17. The molecule has 0 aromatic heterocycles. The molecule has 0 aromatic carbocycles. The van der Waals surface area contributed by atoms with Gasteiger partial charge in [0.25, 0.3) is 7.82 Å². The van der Waals surface area contributed by atoms with Gasteiger partial charge in [0.05, 0.1) is 39.9 Å². The van der Waals surface area contributed by atoms with Crippen LogP contribution in [0.5, 0.6) is 0 Å². The fourth-order valence-corrected chi connectivity index (χ4v) is 7.65. The number of amides is 1. The first kappa shape index (κ1) is 56.7. The minimum atomic E-state index is -4.60. The zero-order valence-corrected chi connectivity index (χ0v) is 39.6. The van der Waals surface area contributed by atoms with Crippen molar-refractivity contribution in [3.8, 4) is 0 Å². The van der Waals surface area contributed by atoms with Crippen LogP contribution in [0.2, 0.25) is 0 Å². The molecule has 0 aromatic rings. The van der Waals surface area contributed by atoms with E-state index in [4.69, 9.17) is 9.05 Å². The molecule has 0 rings (SSSR count). The number of rotatable bonds is 44. The van der Waals surface area contributed by atoms with Crippen molar-refractivity contribution >= 4 is 13.7 Å². The smallest absolute Gasteiger partial charge is 0.268 e. The highest BCUT2D eigenvalue weighted by molar-refractivity contribution is 7.45. The van der Waals surface area contributed by atoms with Crippen LogP contribution >= 0.6 is 7.82 Å². The zero-order chi connectivity index (χ0) is 42.8. The molecule has 0 heterocycles. The number of quaternary nitrogens is 1. The second-order valence-corrected chi connectivity index (χ2v) is 19.2. The van der Waals surface area contributed by atoms with Crippen LogP contribution in [0.3, 0.4) is 0 Å². The largest absolute Gasteiger partial charge is 0.756 e. The standard InChI is InChI=1S/C49H95N2O6P/c1-6-8-10-12-14-16-18-20-22-23-24-25-26-27-29-31-33-35-37-39-41-43-49(53)50-47(46-57-58(54,55)56-45-44-51(3,4)5)48(52)42-40-38-36-34-32-30-28-21-19-17-15-13-11-9-7-2/h25-26,32,34,40,42,47-48,52H,6-24,27-31,33,35-39,41,43-46H2,1-5H3,(H-,50,53,54,55)/b26-25-,34-32+,42-40+. The van der Waals surface area contributed by atoms with Gasteiger partial charge < -0.3 is 28.8 Å². The van der Waals surface area contributed by atoms with E-state index in [1.54, 1.807) is 6.08 Å². The van der Waals surface area contributed by atoms with Gasteiger partial charge in [-0.1, -0.05) is 192 Å². The van der Waals surface area contributed by atoms with Gasteiger partial charge in [-0.2, -0.15) is 0 Å². The number of carbonyl (C=O) groups excluding carboxylic acids is 1. The lowest BCUT2D eigenvalue weighted by Crippen LogP contribution is -2.45. The first-order valence-electron chi connectivity index (χ1n) is 24.4. The molecule has 342 valence electrons. The number of phosphoric ester groups is 1. The van der Waals surface area contributed by atoms with E-state index in [0.29, 0.717) is 17.4 Å². The first-order chi connectivity index (χ1) is 28.0. The van der Waals surface area contributed by atoms with E-state index in [-0.39, 0.29) is 12.5 Å². The molecular formula is C49H95N2O6P. The van der Waals surface area contributed by atoms with Crippen LogP contribution in [0, 0.1) is 0 Å². The summed E-state index contributed by atoms with van der Waals surface area (Å²) in [6.45, 7) is 4.63. The van der Waals surface area contributed by atoms with Gasteiger partial charge in [0.2, 0.25) is 5.91 Å². The molecule has 0 aliphatic rings. The molecular weight excluding hydrogens is 744 g/mol. The van der Waals surface area contributed by atoms with Gasteiger partial charge >= 0.3 is 0 Å². The fourth-order valence-electron chi connectivity index (χ4n) is 6.93. The molecule has 3 unspecified atom stereocenters. The Kier molecular flexibility index (Phi) is 40.2. The number of unbranched alkanes of at least 4 members (excludes halogenated alkanes) is 27. The molecule has 0 fully saturated rings. The number of allylic oxidation sites excluding steroid dienone is 5. The monoisotopic (exact) mass is 839 g/mol. The SMILES string of the molecule is CCCCCCCCCCC/C=C/CC/C=C/C(O)C(COP(=O)([O-])OCC[N+](C)(C)C)NC(=O)CCCCCCCCC/C=C\CCCCCCCCCCCC. The van der Waals surface area contributed by atoms with Crippen molar-refractivity contribution in [3.63, 3.8) is 0 Å². The van der Waals surface area contributed by atoms with Crippen LogP contribution in [0.1, 0.15) is 219 Å². The Bertz CT molecular complexity index is 1040. The third-order valence-corrected chi connectivity index (χ3v) is 11.8. The molecule has 2 N–H and O–H groups in total. The Hall–Kier alpha value is -1.28. The molecule has 0 saturated heterocycles. The Morgan fingerprint density at radius 1 is 0.586 bits per heavy atom. The second-order valence-electron chi connectivity index (χ2n) is 17.8. The number of hydrogen-bond donors (Lipinski definition) is 2. The van der Waals surface area contributed by atoms with Crippen LogP contribution in [0.15, 0.2) is 36.5 Å². The Morgan fingerprint density at radius 3 is 1.40 bits per heavy atom. The van der Waals surface area contributed by atoms with Gasteiger partial charge in [-0.3, -0.25) is 9.36 Å². The molecule has 0 radical (unpaired) electrons. The first-order valence-corrected chi connectivity index (χ1v) is 25.8. The molecule has 0 bridgehead atoms. The number of nitrogens with one attached hydrogen (secondary N) is 1. The van der Waals surface area contributed by atoms with Crippen molar-refractivity contribution in [2.75, 3.05) is 40.9 Å². The van der Waals surface area contributed by atoms with E-state index < -0.39 is 26.6 Å². The van der Waals surface area contributed by atoms with Crippen molar-refractivity contribution in [1.82, 2.24) is 5.32 Å². The number of aliphatic hydroxyl groups is 1. The molecule has 8 nitrogen and oxygen atoms in total. The summed E-state index contributed by atoms with van der Waals surface area (Å²) in [5, 5.41) is 13.8. The minimum absolute atomic E-state index is 0.00702. The van der Waals surface area contributed by atoms with E-state index in [2.05, 4.69) is 43.5 Å². The molecule has 0 saturated carbocycles. The number of hydrogen-bond acceptors (Lipinski definition) is 6. The summed E-state index contributed by atoms with van der Waals surface area (Å²) in [7, 11) is 1.24. The van der Waals surface area contributed by atoms with Gasteiger partial charge in [0, 0.05) is 6.42 Å². The van der Waals surface area contributed by atoms with Gasteiger partial charge in [-0.25, -0.2) is 0 Å². The highest BCUT2D eigenvalue weighted by Gasteiger charge is 2.23. The van der Waals surface area contributed by atoms with Crippen LogP contribution in [-0.4, -0.2) is 68.5 Å². The van der Waals surface area contributed by atoms with E-state index in [1.807, 2.05) is 27.2 Å². The average molecular weight is 839 g/mol. The summed E-state index contributed by atoms with van der Waals surface area (Å²) in [6, 6.07) is -0.904. The minimum Gasteiger partial charge on any atom is -0.756 e. The predicted octanol–water partition coefficient (Wildman–Crippen LogP) is 13.2. The lowest BCUT2D eigenvalue weighted by atomic mass is 10.1. The van der Waals surface area contributed by atoms with Crippen molar-refractivity contribution in [1.29, 1.82) is 0 Å². The number of phosphoric acid groups is 1. The lowest BCUT2D eigenvalue weighted by molar-refractivity contribution is -0.870. The van der Waals surface area contributed by atoms with E-state index in [9.17, 15) is 19.4 Å². The second kappa shape index (κ2) is 41.1. The maximum Gasteiger partial charge on any atom is 0.268 e. The molecule has 0 aliphatic heterocycles. The summed E-state index contributed by atoms with van der Waals surface area (Å²) in [4.78, 5) is 25.3. The lowest BCUT2D eigenvalue weighted by Gasteiger charge is -2.29. The van der Waals surface area contributed by atoms with E-state index in [1.165, 1.54) is 161 Å². The quantitative estimate of drug-likeness (QED) is 0.0274. The van der Waals surface area contributed by atoms with Gasteiger partial charge in [0.15, 0.2) is 0 Å². The Morgan fingerprint density at radius 2 is 0.966 bits per heavy atom. The maximum atomic E-state index is 12.9. The molecule has 1 amide bonds. The van der Waals surface area contributed by atoms with Crippen molar-refractivity contribution in [2.45, 2.75) is 231 Å². The summed E-state index contributed by atoms with van der Waals surface area (Å²) < 4.78 is 23.2. The third kappa shape index (κ3) is 42.8. The zero-order valence-electron chi connectivity index (χ0n) is 38.8. The highest BCUT2D eigenvalue weighted by atomic mass is 31.2. The van der Waals surface area contributed by atoms with Crippen LogP contribution in [0.25, 0.3) is 0 Å². The summed E-state index contributed by atoms with van der Waals surface area (Å²) in [6.07, 6.45) is 50.5. The molecule has 3 atom stereocenters. The topological polar surface area (TPSA) is 108 Å². The summed E-state index contributed by atoms with van der Waals surface area (Å²) in [5.41, 5.74) is 0. The van der Waals surface area contributed by atoms with E-state index in [0.717, 1.165) is 38.5 Å². The summed E-state index contributed by atoms with van der Waals surface area (Å²) in [5.74, 6) is -0.211. The van der Waals surface area contributed by atoms with Crippen LogP contribution in [-0.2, 0) is 18.4 Å². The third-order valence-electron chi connectivity index (χ3n) is 10.8. The van der Waals surface area contributed by atoms with Crippen molar-refractivity contribution in [3.05, 3.63) is 36.5 Å². The predicted molar refractivity (Wildman–Crippen MR) is 247 cm³/mol. The molecule has 0 aliphatic carbocycles. The fraction of sp³-hybridized carbons (Fsp3) is 0.857. The molecule has 58 heavy (non-hydrogen) atoms. The number of nitrogens with zero attached hydrogens (tertiary/aromatic N) is 1. The van der Waals surface area contributed by atoms with Crippen molar-refractivity contribution < 1.29 is 32.9 Å². The van der Waals surface area contributed by atoms with Crippen molar-refractivity contribution in [2.24, 2.45) is 0 Å². The maximum absolute atomic E-state index is 12.9. The number of likely N-dealkylation sites (N-methyl/N-ethyl adjacent to an activating group) is 1. The molecule has 0 spiro atoms. The molecule has 9 heteroatoms. The van der Waals surface area contributed by atoms with Gasteiger partial charge in [-0.15, -0.1) is 0 Å². The van der Waals surface area contributed by atoms with Gasteiger partial charge in [-0.05, 0) is 57.8 Å². The normalized spacial score (nSPS) is 14.5. The van der Waals surface area contributed by atoms with Crippen LogP contribution in [0.4, 0.5) is 0 Å². The Balaban J connectivity index is 4.36. The highest BCUT2D eigenvalue weighted by Crippen LogP contribution is 2.38. The number of aliphatic hydroxyl groups excluding tert-OH is 1. The van der Waals surface area contributed by atoms with E-state index >= 15 is 0 Å².